The van der Waals surface area contributed by atoms with Gasteiger partial charge in [-0.15, -0.1) is 0 Å². The number of ketones is 1. The van der Waals surface area contributed by atoms with Crippen molar-refractivity contribution in [3.05, 3.63) is 94.0 Å². The molecule has 0 aromatic heterocycles. The van der Waals surface area contributed by atoms with E-state index >= 15 is 0 Å². The van der Waals surface area contributed by atoms with Gasteiger partial charge < -0.3 is 10.1 Å². The molecule has 0 aliphatic heterocycles. The van der Waals surface area contributed by atoms with Crippen LogP contribution in [0.25, 0.3) is 0 Å². The zero-order valence-electron chi connectivity index (χ0n) is 14.8. The molecule has 0 saturated carbocycles. The first-order valence-corrected chi connectivity index (χ1v) is 9.26. The molecule has 5 heteroatoms. The lowest BCUT2D eigenvalue weighted by atomic mass is 9.97. The van der Waals surface area contributed by atoms with Gasteiger partial charge in [0, 0.05) is 17.7 Å². The number of anilines is 1. The Labute approximate surface area is 168 Å². The minimum absolute atomic E-state index is 0.0488. The number of ether oxygens (including phenoxy) is 1. The van der Waals surface area contributed by atoms with Gasteiger partial charge in [0.25, 0.3) is 0 Å². The minimum Gasteiger partial charge on any atom is -0.497 e. The van der Waals surface area contributed by atoms with Crippen LogP contribution in [0.4, 0.5) is 5.69 Å². The summed E-state index contributed by atoms with van der Waals surface area (Å²) in [7, 11) is 1.62. The maximum Gasteiger partial charge on any atom is 0.165 e. The largest absolute Gasteiger partial charge is 0.497 e. The molecule has 0 saturated heterocycles. The summed E-state index contributed by atoms with van der Waals surface area (Å²) in [6.45, 7) is 0. The highest BCUT2D eigenvalue weighted by Gasteiger charge is 2.18. The van der Waals surface area contributed by atoms with Crippen LogP contribution in [0.2, 0.25) is 10.0 Å². The SMILES string of the molecule is COc1ccc(NC(CC(=O)c2ccccc2)c2ccc(Cl)c(Cl)c2)cc1. The Balaban J connectivity index is 1.87. The molecule has 27 heavy (non-hydrogen) atoms. The number of carbonyl (C=O) groups is 1. The standard InChI is InChI=1S/C22H19Cl2NO2/c1-27-18-10-8-17(9-11-18)25-21(16-7-12-19(23)20(24)13-16)14-22(26)15-5-3-2-4-6-15/h2-13,21,25H,14H2,1H3. The molecule has 1 atom stereocenters. The molecular formula is C22H19Cl2NO2. The van der Waals surface area contributed by atoms with Gasteiger partial charge in [-0.2, -0.15) is 0 Å². The van der Waals surface area contributed by atoms with E-state index in [0.29, 0.717) is 15.6 Å². The summed E-state index contributed by atoms with van der Waals surface area (Å²) in [6, 6.07) is 22.0. The van der Waals surface area contributed by atoms with E-state index in [0.717, 1.165) is 17.0 Å². The number of hydrogen-bond acceptors (Lipinski definition) is 3. The summed E-state index contributed by atoms with van der Waals surface area (Å²) in [4.78, 5) is 12.8. The average molecular weight is 400 g/mol. The lowest BCUT2D eigenvalue weighted by Gasteiger charge is -2.21. The van der Waals surface area contributed by atoms with Crippen molar-refractivity contribution in [2.24, 2.45) is 0 Å². The third kappa shape index (κ3) is 5.03. The molecule has 0 fully saturated rings. The Morgan fingerprint density at radius 1 is 0.963 bits per heavy atom. The fraction of sp³-hybridized carbons (Fsp3) is 0.136. The molecule has 1 unspecified atom stereocenters. The van der Waals surface area contributed by atoms with Gasteiger partial charge >= 0.3 is 0 Å². The average Bonchev–Trinajstić information content (AvgIpc) is 2.70. The van der Waals surface area contributed by atoms with Crippen LogP contribution in [0.15, 0.2) is 72.8 Å². The second-order valence-corrected chi connectivity index (χ2v) is 6.91. The van der Waals surface area contributed by atoms with Gasteiger partial charge in [-0.1, -0.05) is 59.6 Å². The zero-order valence-corrected chi connectivity index (χ0v) is 16.3. The van der Waals surface area contributed by atoms with Gasteiger partial charge in [-0.3, -0.25) is 4.79 Å². The molecule has 3 nitrogen and oxygen atoms in total. The molecule has 0 spiro atoms. The second-order valence-electron chi connectivity index (χ2n) is 6.09. The molecule has 0 radical (unpaired) electrons. The second kappa shape index (κ2) is 8.94. The maximum atomic E-state index is 12.8. The summed E-state index contributed by atoms with van der Waals surface area (Å²) in [6.07, 6.45) is 0.286. The van der Waals surface area contributed by atoms with Crippen LogP contribution in [0.5, 0.6) is 5.75 Å². The first-order chi connectivity index (χ1) is 13.1. The molecule has 0 bridgehead atoms. The van der Waals surface area contributed by atoms with Gasteiger partial charge in [0.1, 0.15) is 5.75 Å². The highest BCUT2D eigenvalue weighted by Crippen LogP contribution is 2.30. The number of carbonyl (C=O) groups excluding carboxylic acids is 1. The normalized spacial score (nSPS) is 11.7. The molecule has 1 N–H and O–H groups in total. The third-order valence-electron chi connectivity index (χ3n) is 4.26. The van der Waals surface area contributed by atoms with Crippen LogP contribution in [0.1, 0.15) is 28.4 Å². The van der Waals surface area contributed by atoms with Crippen molar-refractivity contribution in [1.29, 1.82) is 0 Å². The lowest BCUT2D eigenvalue weighted by Crippen LogP contribution is -2.16. The smallest absolute Gasteiger partial charge is 0.165 e. The predicted octanol–water partition coefficient (Wildman–Crippen LogP) is 6.43. The highest BCUT2D eigenvalue weighted by molar-refractivity contribution is 6.42. The molecule has 0 aliphatic carbocycles. The molecule has 3 rings (SSSR count). The monoisotopic (exact) mass is 399 g/mol. The summed E-state index contributed by atoms with van der Waals surface area (Å²) >= 11 is 12.2. The number of hydrogen-bond donors (Lipinski definition) is 1. The highest BCUT2D eigenvalue weighted by atomic mass is 35.5. The van der Waals surface area contributed by atoms with E-state index in [-0.39, 0.29) is 18.2 Å². The van der Waals surface area contributed by atoms with E-state index in [2.05, 4.69) is 5.32 Å². The third-order valence-corrected chi connectivity index (χ3v) is 5.00. The molecule has 0 aliphatic rings. The number of Topliss-reactive ketones (excluding diaryl/α,β-unsaturated/α-hetero) is 1. The van der Waals surface area contributed by atoms with Gasteiger partial charge in [0.2, 0.25) is 0 Å². The van der Waals surface area contributed by atoms with Crippen LogP contribution in [0, 0.1) is 0 Å². The van der Waals surface area contributed by atoms with E-state index in [9.17, 15) is 4.79 Å². The molecule has 3 aromatic rings. The Morgan fingerprint density at radius 3 is 2.30 bits per heavy atom. The minimum atomic E-state index is -0.249. The van der Waals surface area contributed by atoms with Crippen molar-refractivity contribution >= 4 is 34.7 Å². The molecular weight excluding hydrogens is 381 g/mol. The van der Waals surface area contributed by atoms with Crippen LogP contribution in [0.3, 0.4) is 0 Å². The zero-order chi connectivity index (χ0) is 19.2. The first kappa shape index (κ1) is 19.3. The van der Waals surface area contributed by atoms with Crippen LogP contribution in [-0.4, -0.2) is 12.9 Å². The van der Waals surface area contributed by atoms with Crippen LogP contribution < -0.4 is 10.1 Å². The Morgan fingerprint density at radius 2 is 1.67 bits per heavy atom. The lowest BCUT2D eigenvalue weighted by molar-refractivity contribution is 0.0976. The number of rotatable bonds is 7. The van der Waals surface area contributed by atoms with Crippen molar-refractivity contribution in [2.45, 2.75) is 12.5 Å². The number of halogens is 2. The predicted molar refractivity (Wildman–Crippen MR) is 111 cm³/mol. The first-order valence-electron chi connectivity index (χ1n) is 8.50. The van der Waals surface area contributed by atoms with Crippen molar-refractivity contribution in [2.75, 3.05) is 12.4 Å². The number of nitrogens with one attached hydrogen (secondary N) is 1. The van der Waals surface area contributed by atoms with Crippen LogP contribution >= 0.6 is 23.2 Å². The summed E-state index contributed by atoms with van der Waals surface area (Å²) in [5.41, 5.74) is 2.45. The van der Waals surface area contributed by atoms with Crippen molar-refractivity contribution in [3.63, 3.8) is 0 Å². The Hall–Kier alpha value is -2.49. The van der Waals surface area contributed by atoms with Gasteiger partial charge in [-0.25, -0.2) is 0 Å². The van der Waals surface area contributed by atoms with Gasteiger partial charge in [0.05, 0.1) is 23.2 Å². The van der Waals surface area contributed by atoms with Gasteiger partial charge in [-0.05, 0) is 42.0 Å². The van der Waals surface area contributed by atoms with E-state index in [1.165, 1.54) is 0 Å². The Bertz CT molecular complexity index is 911. The summed E-state index contributed by atoms with van der Waals surface area (Å²) in [5, 5.41) is 4.36. The fourth-order valence-electron chi connectivity index (χ4n) is 2.80. The fourth-order valence-corrected chi connectivity index (χ4v) is 3.10. The molecule has 138 valence electrons. The van der Waals surface area contributed by atoms with E-state index in [1.54, 1.807) is 19.2 Å². The van der Waals surface area contributed by atoms with Gasteiger partial charge in [0.15, 0.2) is 5.78 Å². The van der Waals surface area contributed by atoms with E-state index in [4.69, 9.17) is 27.9 Å². The van der Waals surface area contributed by atoms with E-state index < -0.39 is 0 Å². The molecule has 0 amide bonds. The van der Waals surface area contributed by atoms with Crippen molar-refractivity contribution < 1.29 is 9.53 Å². The number of benzene rings is 3. The summed E-state index contributed by atoms with van der Waals surface area (Å²) < 4.78 is 5.20. The summed E-state index contributed by atoms with van der Waals surface area (Å²) in [5.74, 6) is 0.819. The van der Waals surface area contributed by atoms with Crippen molar-refractivity contribution in [1.82, 2.24) is 0 Å². The number of methoxy groups -OCH3 is 1. The van der Waals surface area contributed by atoms with Crippen molar-refractivity contribution in [3.8, 4) is 5.75 Å². The molecule has 3 aromatic carbocycles. The topological polar surface area (TPSA) is 38.3 Å². The van der Waals surface area contributed by atoms with E-state index in [1.807, 2.05) is 60.7 Å². The van der Waals surface area contributed by atoms with Crippen LogP contribution in [-0.2, 0) is 0 Å². The Kier molecular flexibility index (Phi) is 6.38. The molecule has 0 heterocycles. The quantitative estimate of drug-likeness (QED) is 0.465. The maximum absolute atomic E-state index is 12.8.